The first kappa shape index (κ1) is 20.8. The zero-order chi connectivity index (χ0) is 22.8. The van der Waals surface area contributed by atoms with Gasteiger partial charge >= 0.3 is 0 Å². The Morgan fingerprint density at radius 1 is 0.909 bits per heavy atom. The first-order chi connectivity index (χ1) is 16.1. The van der Waals surface area contributed by atoms with Crippen LogP contribution in [0.25, 0.3) is 33.4 Å². The van der Waals surface area contributed by atoms with E-state index in [2.05, 4.69) is 15.3 Å². The molecule has 8 heteroatoms. The molecule has 0 aliphatic heterocycles. The van der Waals surface area contributed by atoms with Crippen LogP contribution >= 0.6 is 11.6 Å². The molecular weight excluding hydrogens is 441 g/mol. The molecule has 1 N–H and O–H groups in total. The molecule has 0 saturated carbocycles. The molecule has 0 unspecified atom stereocenters. The number of nitrogens with zero attached hydrogens (tertiary/aromatic N) is 4. The van der Waals surface area contributed by atoms with Crippen molar-refractivity contribution in [2.24, 2.45) is 0 Å². The van der Waals surface area contributed by atoms with Crippen LogP contribution in [0.4, 0.5) is 15.9 Å². The molecular formula is C25H17ClFN5O. The maximum Gasteiger partial charge on any atom is 0.212 e. The lowest BCUT2D eigenvalue weighted by molar-refractivity contribution is 0.398. The summed E-state index contributed by atoms with van der Waals surface area (Å²) in [6.07, 6.45) is 5.15. The van der Waals surface area contributed by atoms with Crippen LogP contribution < -0.4 is 10.1 Å². The molecule has 6 nitrogen and oxygen atoms in total. The number of aromatic nitrogens is 4. The maximum absolute atomic E-state index is 13.7. The third-order valence-electron chi connectivity index (χ3n) is 5.08. The molecule has 3 aromatic heterocycles. The van der Waals surface area contributed by atoms with Gasteiger partial charge < -0.3 is 10.1 Å². The van der Waals surface area contributed by atoms with Crippen LogP contribution in [0.1, 0.15) is 0 Å². The van der Waals surface area contributed by atoms with Crippen LogP contribution in [-0.4, -0.2) is 27.0 Å². The molecule has 0 amide bonds. The standard InChI is InChI=1S/C25H17ClFN5O/c1-33-23-9-5-16(14-29-23)15-4-8-22-19(11-15)25(30-18-6-7-21(27)20(26)12-18)32-24(31-22)17-3-2-10-28-13-17/h2-14H,1H3,(H,30,31,32). The summed E-state index contributed by atoms with van der Waals surface area (Å²) in [5.41, 5.74) is 3.99. The van der Waals surface area contributed by atoms with Gasteiger partial charge in [0.25, 0.3) is 0 Å². The van der Waals surface area contributed by atoms with Gasteiger partial charge in [0.1, 0.15) is 11.6 Å². The van der Waals surface area contributed by atoms with Crippen LogP contribution in [0.2, 0.25) is 5.02 Å². The minimum absolute atomic E-state index is 0.0239. The quantitative estimate of drug-likeness (QED) is 0.334. The van der Waals surface area contributed by atoms with Crippen LogP contribution in [0.15, 0.2) is 79.3 Å². The highest BCUT2D eigenvalue weighted by Gasteiger charge is 2.13. The Morgan fingerprint density at radius 2 is 1.79 bits per heavy atom. The first-order valence-electron chi connectivity index (χ1n) is 10.1. The molecule has 5 rings (SSSR count). The highest BCUT2D eigenvalue weighted by molar-refractivity contribution is 6.31. The Kier molecular flexibility index (Phi) is 5.54. The number of hydrogen-bond acceptors (Lipinski definition) is 6. The van der Waals surface area contributed by atoms with Gasteiger partial charge in [-0.05, 0) is 54.1 Å². The second kappa shape index (κ2) is 8.80. The van der Waals surface area contributed by atoms with Gasteiger partial charge in [-0.2, -0.15) is 0 Å². The zero-order valence-electron chi connectivity index (χ0n) is 17.5. The number of fused-ring (bicyclic) bond motifs is 1. The fraction of sp³-hybridized carbons (Fsp3) is 0.0400. The van der Waals surface area contributed by atoms with Gasteiger partial charge in [-0.1, -0.05) is 17.7 Å². The van der Waals surface area contributed by atoms with Gasteiger partial charge in [-0.15, -0.1) is 0 Å². The number of nitrogens with one attached hydrogen (secondary N) is 1. The van der Waals surface area contributed by atoms with Gasteiger partial charge in [0, 0.05) is 46.9 Å². The summed E-state index contributed by atoms with van der Waals surface area (Å²) in [7, 11) is 1.58. The number of pyridine rings is 2. The lowest BCUT2D eigenvalue weighted by Gasteiger charge is -2.13. The zero-order valence-corrected chi connectivity index (χ0v) is 18.2. The molecule has 0 bridgehead atoms. The molecule has 0 spiro atoms. The fourth-order valence-electron chi connectivity index (χ4n) is 3.41. The number of ether oxygens (including phenoxy) is 1. The van der Waals surface area contributed by atoms with Crippen LogP contribution in [-0.2, 0) is 0 Å². The predicted octanol–water partition coefficient (Wildman–Crippen LogP) is 6.30. The number of anilines is 2. The molecule has 0 saturated heterocycles. The molecule has 5 aromatic rings. The van der Waals surface area contributed by atoms with Crippen molar-refractivity contribution in [1.29, 1.82) is 0 Å². The Balaban J connectivity index is 1.65. The van der Waals surface area contributed by atoms with Gasteiger partial charge in [0.15, 0.2) is 5.82 Å². The Bertz CT molecular complexity index is 1450. The highest BCUT2D eigenvalue weighted by Crippen LogP contribution is 2.32. The van der Waals surface area contributed by atoms with Crippen molar-refractivity contribution in [1.82, 2.24) is 19.9 Å². The van der Waals surface area contributed by atoms with Crippen molar-refractivity contribution in [3.05, 3.63) is 90.1 Å². The average Bonchev–Trinajstić information content (AvgIpc) is 2.86. The highest BCUT2D eigenvalue weighted by atomic mass is 35.5. The lowest BCUT2D eigenvalue weighted by atomic mass is 10.0. The Morgan fingerprint density at radius 3 is 2.52 bits per heavy atom. The summed E-state index contributed by atoms with van der Waals surface area (Å²) in [4.78, 5) is 17.9. The summed E-state index contributed by atoms with van der Waals surface area (Å²) < 4.78 is 18.8. The number of methoxy groups -OCH3 is 1. The average molecular weight is 458 g/mol. The van der Waals surface area contributed by atoms with Crippen molar-refractivity contribution in [2.75, 3.05) is 12.4 Å². The number of rotatable bonds is 5. The van der Waals surface area contributed by atoms with E-state index in [4.69, 9.17) is 26.3 Å². The summed E-state index contributed by atoms with van der Waals surface area (Å²) in [6, 6.07) is 17.8. The molecule has 0 fully saturated rings. The number of benzene rings is 2. The minimum atomic E-state index is -0.486. The van der Waals surface area contributed by atoms with E-state index in [1.165, 1.54) is 12.1 Å². The van der Waals surface area contributed by atoms with E-state index >= 15 is 0 Å². The molecule has 2 aromatic carbocycles. The SMILES string of the molecule is COc1ccc(-c2ccc3nc(-c4cccnc4)nc(Nc4ccc(F)c(Cl)c4)c3c2)cn1. The topological polar surface area (TPSA) is 72.8 Å². The van der Waals surface area contributed by atoms with Gasteiger partial charge in [-0.3, -0.25) is 4.98 Å². The molecule has 0 aliphatic rings. The van der Waals surface area contributed by atoms with Crippen molar-refractivity contribution < 1.29 is 9.13 Å². The number of hydrogen-bond donors (Lipinski definition) is 1. The van der Waals surface area contributed by atoms with E-state index in [0.717, 1.165) is 27.6 Å². The van der Waals surface area contributed by atoms with E-state index < -0.39 is 5.82 Å². The van der Waals surface area contributed by atoms with Gasteiger partial charge in [0.05, 0.1) is 17.6 Å². The molecule has 3 heterocycles. The van der Waals surface area contributed by atoms with E-state index in [1.54, 1.807) is 37.8 Å². The summed E-state index contributed by atoms with van der Waals surface area (Å²) in [6.45, 7) is 0. The lowest BCUT2D eigenvalue weighted by Crippen LogP contribution is -2.00. The van der Waals surface area contributed by atoms with Crippen molar-refractivity contribution >= 4 is 34.0 Å². The third kappa shape index (κ3) is 4.31. The maximum atomic E-state index is 13.7. The smallest absolute Gasteiger partial charge is 0.212 e. The molecule has 0 aliphatic carbocycles. The Hall–Kier alpha value is -4.10. The summed E-state index contributed by atoms with van der Waals surface area (Å²) in [5.74, 6) is 1.13. The van der Waals surface area contributed by atoms with E-state index in [-0.39, 0.29) is 5.02 Å². The van der Waals surface area contributed by atoms with Crippen LogP contribution in [0.3, 0.4) is 0 Å². The second-order valence-electron chi connectivity index (χ2n) is 7.21. The van der Waals surface area contributed by atoms with E-state index in [9.17, 15) is 4.39 Å². The predicted molar refractivity (Wildman–Crippen MR) is 127 cm³/mol. The Labute approximate surface area is 194 Å². The monoisotopic (exact) mass is 457 g/mol. The first-order valence-corrected chi connectivity index (χ1v) is 10.4. The van der Waals surface area contributed by atoms with Gasteiger partial charge in [-0.25, -0.2) is 19.3 Å². The normalized spacial score (nSPS) is 10.9. The molecule has 33 heavy (non-hydrogen) atoms. The van der Waals surface area contributed by atoms with E-state index in [0.29, 0.717) is 23.2 Å². The summed E-state index contributed by atoms with van der Waals surface area (Å²) >= 11 is 5.98. The second-order valence-corrected chi connectivity index (χ2v) is 7.62. The fourth-order valence-corrected chi connectivity index (χ4v) is 3.59. The molecule has 162 valence electrons. The molecule has 0 radical (unpaired) electrons. The largest absolute Gasteiger partial charge is 0.481 e. The summed E-state index contributed by atoms with van der Waals surface area (Å²) in [5, 5.41) is 4.08. The minimum Gasteiger partial charge on any atom is -0.481 e. The van der Waals surface area contributed by atoms with Gasteiger partial charge in [0.2, 0.25) is 5.88 Å². The third-order valence-corrected chi connectivity index (χ3v) is 5.37. The van der Waals surface area contributed by atoms with E-state index in [1.807, 2.05) is 36.4 Å². The number of halogens is 2. The van der Waals surface area contributed by atoms with Crippen LogP contribution in [0, 0.1) is 5.82 Å². The van der Waals surface area contributed by atoms with Crippen molar-refractivity contribution in [3.8, 4) is 28.4 Å². The van der Waals surface area contributed by atoms with Crippen LogP contribution in [0.5, 0.6) is 5.88 Å². The van der Waals surface area contributed by atoms with Crippen molar-refractivity contribution in [2.45, 2.75) is 0 Å². The van der Waals surface area contributed by atoms with Crippen molar-refractivity contribution in [3.63, 3.8) is 0 Å². The molecule has 0 atom stereocenters.